The molecule has 0 atom stereocenters. The van der Waals surface area contributed by atoms with Crippen LogP contribution in [0.1, 0.15) is 43.2 Å². The van der Waals surface area contributed by atoms with E-state index in [0.717, 1.165) is 51.6 Å². The van der Waals surface area contributed by atoms with Crippen LogP contribution in [0.3, 0.4) is 0 Å². The van der Waals surface area contributed by atoms with E-state index in [-0.39, 0.29) is 11.2 Å². The highest BCUT2D eigenvalue weighted by Crippen LogP contribution is 2.47. The number of carbonyl (C=O) groups excluding carboxylic acids is 1. The minimum absolute atomic E-state index is 0.124. The Labute approximate surface area is 119 Å². The fraction of sp³-hybridized carbons (Fsp3) is 0.588. The number of piperidine rings is 1. The molecule has 2 aliphatic carbocycles. The third kappa shape index (κ3) is 1.87. The molecule has 20 heavy (non-hydrogen) atoms. The van der Waals surface area contributed by atoms with Crippen molar-refractivity contribution in [3.63, 3.8) is 0 Å². The highest BCUT2D eigenvalue weighted by Gasteiger charge is 2.43. The lowest BCUT2D eigenvalue weighted by Gasteiger charge is -2.40. The first-order valence-corrected chi connectivity index (χ1v) is 7.76. The lowest BCUT2D eigenvalue weighted by Crippen LogP contribution is -2.44. The van der Waals surface area contributed by atoms with E-state index in [2.05, 4.69) is 0 Å². The first-order chi connectivity index (χ1) is 9.68. The van der Waals surface area contributed by atoms with Crippen LogP contribution >= 0.6 is 0 Å². The number of benzene rings is 1. The Bertz CT molecular complexity index is 556. The van der Waals surface area contributed by atoms with Crippen LogP contribution in [0.5, 0.6) is 0 Å². The van der Waals surface area contributed by atoms with Gasteiger partial charge in [0.1, 0.15) is 5.82 Å². The van der Waals surface area contributed by atoms with E-state index in [1.807, 2.05) is 11.0 Å². The van der Waals surface area contributed by atoms with Crippen molar-refractivity contribution in [2.45, 2.75) is 43.9 Å². The van der Waals surface area contributed by atoms with Crippen LogP contribution in [0, 0.1) is 11.7 Å². The Balaban J connectivity index is 1.54. The molecule has 0 unspecified atom stereocenters. The fourth-order valence-corrected chi connectivity index (χ4v) is 4.03. The van der Waals surface area contributed by atoms with Crippen molar-refractivity contribution in [1.29, 1.82) is 0 Å². The van der Waals surface area contributed by atoms with Crippen molar-refractivity contribution in [3.05, 3.63) is 35.1 Å². The first-order valence-electron chi connectivity index (χ1n) is 7.76. The summed E-state index contributed by atoms with van der Waals surface area (Å²) in [5.74, 6) is 0.552. The van der Waals surface area contributed by atoms with Gasteiger partial charge in [0.25, 0.3) is 0 Å². The number of fused-ring (bicyclic) bond motifs is 2. The lowest BCUT2D eigenvalue weighted by atomic mass is 9.74. The van der Waals surface area contributed by atoms with Crippen molar-refractivity contribution < 1.29 is 9.18 Å². The van der Waals surface area contributed by atoms with Gasteiger partial charge < -0.3 is 4.90 Å². The number of nitrogens with zero attached hydrogens (tertiary/aromatic N) is 1. The average molecular weight is 273 g/mol. The predicted octanol–water partition coefficient (Wildman–Crippen LogP) is 3.04. The maximum Gasteiger partial charge on any atom is 0.225 e. The standard InChI is InChI=1S/C17H20FNO/c18-14-4-3-12-5-6-17(15(12)11-14)7-9-19(10-8-17)16(20)13-1-2-13/h3-4,11,13H,1-2,5-10H2. The molecular weight excluding hydrogens is 253 g/mol. The Morgan fingerprint density at radius 2 is 1.95 bits per heavy atom. The summed E-state index contributed by atoms with van der Waals surface area (Å²) in [4.78, 5) is 14.2. The molecule has 106 valence electrons. The molecule has 2 fully saturated rings. The van der Waals surface area contributed by atoms with E-state index in [0.29, 0.717) is 11.8 Å². The molecule has 4 rings (SSSR count). The molecule has 3 aliphatic rings. The van der Waals surface area contributed by atoms with E-state index in [4.69, 9.17) is 0 Å². The maximum atomic E-state index is 13.6. The van der Waals surface area contributed by atoms with Gasteiger partial charge >= 0.3 is 0 Å². The van der Waals surface area contributed by atoms with Gasteiger partial charge in [-0.3, -0.25) is 4.79 Å². The average Bonchev–Trinajstić information content (AvgIpc) is 3.26. The van der Waals surface area contributed by atoms with Crippen LogP contribution in [-0.4, -0.2) is 23.9 Å². The smallest absolute Gasteiger partial charge is 0.225 e. The van der Waals surface area contributed by atoms with Gasteiger partial charge in [0.05, 0.1) is 0 Å². The number of hydrogen-bond donors (Lipinski definition) is 0. The summed E-state index contributed by atoms with van der Waals surface area (Å²) >= 11 is 0. The molecule has 3 heteroatoms. The normalized spacial score (nSPS) is 23.9. The quantitative estimate of drug-likeness (QED) is 0.770. The van der Waals surface area contributed by atoms with Gasteiger partial charge in [-0.2, -0.15) is 0 Å². The van der Waals surface area contributed by atoms with Gasteiger partial charge in [0, 0.05) is 19.0 Å². The highest BCUT2D eigenvalue weighted by molar-refractivity contribution is 5.81. The molecule has 0 radical (unpaired) electrons. The van der Waals surface area contributed by atoms with Crippen molar-refractivity contribution in [2.75, 3.05) is 13.1 Å². The molecule has 1 amide bonds. The molecule has 1 aliphatic heterocycles. The lowest BCUT2D eigenvalue weighted by molar-refractivity contribution is -0.134. The Morgan fingerprint density at radius 1 is 1.20 bits per heavy atom. The number of aryl methyl sites for hydroxylation is 1. The van der Waals surface area contributed by atoms with E-state index < -0.39 is 0 Å². The minimum atomic E-state index is -0.124. The topological polar surface area (TPSA) is 20.3 Å². The van der Waals surface area contributed by atoms with E-state index in [1.54, 1.807) is 12.1 Å². The van der Waals surface area contributed by atoms with Crippen molar-refractivity contribution in [1.82, 2.24) is 4.90 Å². The zero-order valence-electron chi connectivity index (χ0n) is 11.7. The van der Waals surface area contributed by atoms with Crippen molar-refractivity contribution in [3.8, 4) is 0 Å². The molecule has 1 aromatic carbocycles. The molecule has 1 saturated carbocycles. The molecule has 1 spiro atoms. The monoisotopic (exact) mass is 273 g/mol. The predicted molar refractivity (Wildman–Crippen MR) is 74.9 cm³/mol. The summed E-state index contributed by atoms with van der Waals surface area (Å²) in [6, 6.07) is 5.26. The van der Waals surface area contributed by atoms with Crippen LogP contribution in [0.15, 0.2) is 18.2 Å². The van der Waals surface area contributed by atoms with Crippen LogP contribution in [0.2, 0.25) is 0 Å². The second kappa shape index (κ2) is 4.31. The minimum Gasteiger partial charge on any atom is -0.342 e. The molecule has 2 nitrogen and oxygen atoms in total. The number of hydrogen-bond acceptors (Lipinski definition) is 1. The van der Waals surface area contributed by atoms with Gasteiger partial charge in [-0.25, -0.2) is 4.39 Å². The number of rotatable bonds is 1. The highest BCUT2D eigenvalue weighted by atomic mass is 19.1. The Hall–Kier alpha value is -1.38. The molecular formula is C17H20FNO. The third-order valence-corrected chi connectivity index (χ3v) is 5.47. The molecule has 1 saturated heterocycles. The van der Waals surface area contributed by atoms with E-state index in [9.17, 15) is 9.18 Å². The van der Waals surface area contributed by atoms with E-state index >= 15 is 0 Å². The fourth-order valence-electron chi connectivity index (χ4n) is 4.03. The summed E-state index contributed by atoms with van der Waals surface area (Å²) in [7, 11) is 0. The van der Waals surface area contributed by atoms with Crippen LogP contribution in [-0.2, 0) is 16.6 Å². The van der Waals surface area contributed by atoms with Gasteiger partial charge in [-0.15, -0.1) is 0 Å². The van der Waals surface area contributed by atoms with Gasteiger partial charge in [0.2, 0.25) is 5.91 Å². The van der Waals surface area contributed by atoms with Gasteiger partial charge in [-0.1, -0.05) is 6.07 Å². The van der Waals surface area contributed by atoms with E-state index in [1.165, 1.54) is 11.1 Å². The second-order valence-electron chi connectivity index (χ2n) is 6.68. The molecule has 1 heterocycles. The van der Waals surface area contributed by atoms with Crippen LogP contribution in [0.4, 0.5) is 4.39 Å². The Kier molecular flexibility index (Phi) is 2.66. The summed E-state index contributed by atoms with van der Waals surface area (Å²) in [5, 5.41) is 0. The molecule has 0 bridgehead atoms. The number of halogens is 1. The molecule has 0 aromatic heterocycles. The second-order valence-corrected chi connectivity index (χ2v) is 6.68. The van der Waals surface area contributed by atoms with Crippen molar-refractivity contribution >= 4 is 5.91 Å². The van der Waals surface area contributed by atoms with Gasteiger partial charge in [0.15, 0.2) is 0 Å². The summed E-state index contributed by atoms with van der Waals surface area (Å²) in [6.07, 6.45) is 6.34. The third-order valence-electron chi connectivity index (χ3n) is 5.47. The first kappa shape index (κ1) is 12.4. The number of likely N-dealkylation sites (tertiary alicyclic amines) is 1. The summed E-state index contributed by atoms with van der Waals surface area (Å²) in [6.45, 7) is 1.70. The number of amides is 1. The molecule has 1 aromatic rings. The molecule has 0 N–H and O–H groups in total. The van der Waals surface area contributed by atoms with Gasteiger partial charge in [-0.05, 0) is 67.2 Å². The summed E-state index contributed by atoms with van der Waals surface area (Å²) in [5.41, 5.74) is 2.67. The van der Waals surface area contributed by atoms with Crippen LogP contribution in [0.25, 0.3) is 0 Å². The summed E-state index contributed by atoms with van der Waals surface area (Å²) < 4.78 is 13.6. The zero-order chi connectivity index (χ0) is 13.7. The SMILES string of the molecule is O=C(C1CC1)N1CCC2(CCc3ccc(F)cc32)CC1. The van der Waals surface area contributed by atoms with Crippen LogP contribution < -0.4 is 0 Å². The number of carbonyl (C=O) groups is 1. The maximum absolute atomic E-state index is 13.6. The van der Waals surface area contributed by atoms with Crippen molar-refractivity contribution in [2.24, 2.45) is 5.92 Å². The zero-order valence-corrected chi connectivity index (χ0v) is 11.7. The largest absolute Gasteiger partial charge is 0.342 e. The Morgan fingerprint density at radius 3 is 2.65 bits per heavy atom.